The summed E-state index contributed by atoms with van der Waals surface area (Å²) in [5.74, 6) is -0.405. The van der Waals surface area contributed by atoms with Gasteiger partial charge in [0.05, 0.1) is 10.7 Å². The van der Waals surface area contributed by atoms with E-state index in [1.807, 2.05) is 0 Å². The number of nitrogens with one attached hydrogen (secondary N) is 2. The Kier molecular flexibility index (Phi) is 5.31. The number of amides is 2. The molecule has 4 nitrogen and oxygen atoms in total. The summed E-state index contributed by atoms with van der Waals surface area (Å²) in [5.41, 5.74) is 0.510. The van der Waals surface area contributed by atoms with E-state index in [2.05, 4.69) is 23.3 Å². The lowest BCUT2D eigenvalue weighted by Gasteiger charge is -2.15. The Hall–Kier alpha value is -1.20. The first kappa shape index (κ1) is 13.9. The third-order valence-corrected chi connectivity index (χ3v) is 2.70. The molecule has 0 aliphatic carbocycles. The van der Waals surface area contributed by atoms with Crippen LogP contribution in [0.2, 0.25) is 5.02 Å². The predicted octanol–water partition coefficient (Wildman–Crippen LogP) is 1.71. The topological polar surface area (TPSA) is 58.2 Å². The third-order valence-electron chi connectivity index (χ3n) is 2.01. The molecule has 0 saturated heterocycles. The van der Waals surface area contributed by atoms with E-state index in [9.17, 15) is 9.59 Å². The van der Waals surface area contributed by atoms with Gasteiger partial charge in [0.1, 0.15) is 6.04 Å². The molecule has 0 radical (unpaired) electrons. The average Bonchev–Trinajstić information content (AvgIpc) is 2.28. The van der Waals surface area contributed by atoms with E-state index in [1.54, 1.807) is 24.3 Å². The molecule has 0 aromatic heterocycles. The van der Waals surface area contributed by atoms with Crippen molar-refractivity contribution in [1.29, 1.82) is 0 Å². The molecular weight excluding hydrogens is 260 g/mol. The van der Waals surface area contributed by atoms with Crippen molar-refractivity contribution in [3.8, 4) is 0 Å². The maximum Gasteiger partial charge on any atom is 0.247 e. The van der Waals surface area contributed by atoms with Crippen LogP contribution < -0.4 is 10.6 Å². The molecule has 1 aromatic rings. The van der Waals surface area contributed by atoms with Crippen molar-refractivity contribution in [3.63, 3.8) is 0 Å². The van der Waals surface area contributed by atoms with E-state index in [0.29, 0.717) is 10.7 Å². The van der Waals surface area contributed by atoms with E-state index in [0.717, 1.165) is 0 Å². The summed E-state index contributed by atoms with van der Waals surface area (Å²) in [6.07, 6.45) is 0. The molecule has 92 valence electrons. The van der Waals surface area contributed by atoms with Crippen molar-refractivity contribution in [2.45, 2.75) is 13.0 Å². The second kappa shape index (κ2) is 6.51. The Balaban J connectivity index is 2.71. The van der Waals surface area contributed by atoms with Gasteiger partial charge in [-0.05, 0) is 12.1 Å². The quantitative estimate of drug-likeness (QED) is 0.731. The van der Waals surface area contributed by atoms with Crippen molar-refractivity contribution < 1.29 is 9.59 Å². The normalized spacial score (nSPS) is 11.7. The standard InChI is InChI=1S/C11H13ClN2O2S/c1-7(15)13-10(6-17)11(16)14-9-5-3-2-4-8(9)12/h2-5,10,17H,6H2,1H3,(H,13,15)(H,14,16)/t10-/m0/s1. The number of hydrogen-bond donors (Lipinski definition) is 3. The zero-order valence-electron chi connectivity index (χ0n) is 9.24. The van der Waals surface area contributed by atoms with Gasteiger partial charge >= 0.3 is 0 Å². The van der Waals surface area contributed by atoms with Crippen LogP contribution in [0.1, 0.15) is 6.92 Å². The van der Waals surface area contributed by atoms with Crippen LogP contribution in [0, 0.1) is 0 Å². The predicted molar refractivity (Wildman–Crippen MR) is 71.5 cm³/mol. The van der Waals surface area contributed by atoms with Crippen molar-refractivity contribution in [2.75, 3.05) is 11.1 Å². The van der Waals surface area contributed by atoms with Gasteiger partial charge in [-0.15, -0.1) is 0 Å². The summed E-state index contributed by atoms with van der Waals surface area (Å²) in [4.78, 5) is 22.7. The number of thiol groups is 1. The number of hydrogen-bond acceptors (Lipinski definition) is 3. The molecule has 0 unspecified atom stereocenters. The summed E-state index contributed by atoms with van der Waals surface area (Å²) >= 11 is 9.91. The molecule has 0 spiro atoms. The molecule has 0 aliphatic rings. The van der Waals surface area contributed by atoms with Gasteiger partial charge in [0.2, 0.25) is 11.8 Å². The average molecular weight is 273 g/mol. The minimum absolute atomic E-state index is 0.218. The first-order valence-corrected chi connectivity index (χ1v) is 5.99. The third kappa shape index (κ3) is 4.28. The Morgan fingerprint density at radius 2 is 2.06 bits per heavy atom. The SMILES string of the molecule is CC(=O)N[C@@H](CS)C(=O)Nc1ccccc1Cl. The highest BCUT2D eigenvalue weighted by Gasteiger charge is 2.18. The molecular formula is C11H13ClN2O2S. The monoisotopic (exact) mass is 272 g/mol. The minimum atomic E-state index is -0.674. The number of carbonyl (C=O) groups excluding carboxylic acids is 2. The second-order valence-corrected chi connectivity index (χ2v) is 4.18. The summed E-state index contributed by atoms with van der Waals surface area (Å²) in [6.45, 7) is 1.35. The zero-order chi connectivity index (χ0) is 12.8. The molecule has 2 N–H and O–H groups in total. The number of rotatable bonds is 4. The fraction of sp³-hybridized carbons (Fsp3) is 0.273. The number of halogens is 1. The highest BCUT2D eigenvalue weighted by molar-refractivity contribution is 7.80. The Bertz CT molecular complexity index is 426. The van der Waals surface area contributed by atoms with Crippen molar-refractivity contribution in [3.05, 3.63) is 29.3 Å². The van der Waals surface area contributed by atoms with Crippen molar-refractivity contribution in [2.24, 2.45) is 0 Å². The molecule has 0 saturated carbocycles. The molecule has 1 aromatic carbocycles. The first-order chi connectivity index (χ1) is 8.04. The van der Waals surface area contributed by atoms with E-state index in [1.165, 1.54) is 6.92 Å². The summed E-state index contributed by atoms with van der Waals surface area (Å²) < 4.78 is 0. The molecule has 2 amide bonds. The number of benzene rings is 1. The Morgan fingerprint density at radius 1 is 1.41 bits per heavy atom. The van der Waals surface area contributed by atoms with Gasteiger partial charge in [0.15, 0.2) is 0 Å². The van der Waals surface area contributed by atoms with Crippen LogP contribution in [0.25, 0.3) is 0 Å². The molecule has 0 fully saturated rings. The van der Waals surface area contributed by atoms with Gasteiger partial charge in [-0.25, -0.2) is 0 Å². The zero-order valence-corrected chi connectivity index (χ0v) is 10.9. The Morgan fingerprint density at radius 3 is 2.59 bits per heavy atom. The summed E-state index contributed by atoms with van der Waals surface area (Å²) in [5, 5.41) is 5.58. The van der Waals surface area contributed by atoms with Gasteiger partial charge < -0.3 is 10.6 Å². The molecule has 17 heavy (non-hydrogen) atoms. The molecule has 1 rings (SSSR count). The first-order valence-electron chi connectivity index (χ1n) is 4.98. The van der Waals surface area contributed by atoms with Gasteiger partial charge in [-0.3, -0.25) is 9.59 Å². The van der Waals surface area contributed by atoms with Gasteiger partial charge in [-0.1, -0.05) is 23.7 Å². The van der Waals surface area contributed by atoms with Crippen LogP contribution in [0.4, 0.5) is 5.69 Å². The van der Waals surface area contributed by atoms with Crippen LogP contribution in [0.3, 0.4) is 0 Å². The van der Waals surface area contributed by atoms with Crippen molar-refractivity contribution in [1.82, 2.24) is 5.32 Å². The van der Waals surface area contributed by atoms with Crippen LogP contribution in [-0.2, 0) is 9.59 Å². The van der Waals surface area contributed by atoms with E-state index in [-0.39, 0.29) is 17.6 Å². The van der Waals surface area contributed by atoms with Gasteiger partial charge in [0.25, 0.3) is 0 Å². The van der Waals surface area contributed by atoms with Crippen molar-refractivity contribution >= 4 is 41.7 Å². The maximum atomic E-state index is 11.8. The number of anilines is 1. The lowest BCUT2D eigenvalue weighted by Crippen LogP contribution is -2.44. The lowest BCUT2D eigenvalue weighted by atomic mass is 10.2. The number of para-hydroxylation sites is 1. The largest absolute Gasteiger partial charge is 0.344 e. The number of carbonyl (C=O) groups is 2. The second-order valence-electron chi connectivity index (χ2n) is 3.40. The Labute approximate surface area is 110 Å². The fourth-order valence-electron chi connectivity index (χ4n) is 1.22. The van der Waals surface area contributed by atoms with E-state index in [4.69, 9.17) is 11.6 Å². The fourth-order valence-corrected chi connectivity index (χ4v) is 1.66. The van der Waals surface area contributed by atoms with Crippen LogP contribution in [0.5, 0.6) is 0 Å². The smallest absolute Gasteiger partial charge is 0.247 e. The van der Waals surface area contributed by atoms with Gasteiger partial charge in [0, 0.05) is 12.7 Å². The minimum Gasteiger partial charge on any atom is -0.344 e. The molecule has 0 aliphatic heterocycles. The maximum absolute atomic E-state index is 11.8. The molecule has 1 atom stereocenters. The molecule has 0 bridgehead atoms. The van der Waals surface area contributed by atoms with E-state index < -0.39 is 6.04 Å². The van der Waals surface area contributed by atoms with Gasteiger partial charge in [-0.2, -0.15) is 12.6 Å². The molecule has 6 heteroatoms. The highest BCUT2D eigenvalue weighted by Crippen LogP contribution is 2.20. The lowest BCUT2D eigenvalue weighted by molar-refractivity contribution is -0.124. The van der Waals surface area contributed by atoms with Crippen LogP contribution >= 0.6 is 24.2 Å². The molecule has 0 heterocycles. The van der Waals surface area contributed by atoms with E-state index >= 15 is 0 Å². The summed E-state index contributed by atoms with van der Waals surface area (Å²) in [7, 11) is 0. The van der Waals surface area contributed by atoms with Crippen LogP contribution in [-0.4, -0.2) is 23.6 Å². The highest BCUT2D eigenvalue weighted by atomic mass is 35.5. The van der Waals surface area contributed by atoms with Crippen LogP contribution in [0.15, 0.2) is 24.3 Å². The summed E-state index contributed by atoms with van der Waals surface area (Å²) in [6, 6.07) is 6.21.